The van der Waals surface area contributed by atoms with E-state index in [0.29, 0.717) is 12.3 Å². The van der Waals surface area contributed by atoms with Crippen molar-refractivity contribution in [2.24, 2.45) is 11.7 Å². The van der Waals surface area contributed by atoms with Gasteiger partial charge in [0.2, 0.25) is 5.91 Å². The normalized spacial score (nSPS) is 30.1. The highest BCUT2D eigenvalue weighted by atomic mass is 16.3. The molecule has 1 aromatic rings. The van der Waals surface area contributed by atoms with Crippen LogP contribution < -0.4 is 5.73 Å². The van der Waals surface area contributed by atoms with Crippen molar-refractivity contribution in [1.29, 1.82) is 0 Å². The maximum Gasteiger partial charge on any atom is 0.217 e. The number of aliphatic hydroxyl groups excluding tert-OH is 1. The fraction of sp³-hybridized carbons (Fsp3) is 0.562. The fourth-order valence-corrected chi connectivity index (χ4v) is 3.73. The average Bonchev–Trinajstić information content (AvgIpc) is 2.76. The van der Waals surface area contributed by atoms with Crippen LogP contribution in [-0.4, -0.2) is 35.0 Å². The lowest BCUT2D eigenvalue weighted by molar-refractivity contribution is -0.119. The highest BCUT2D eigenvalue weighted by Crippen LogP contribution is 2.36. The zero-order valence-corrected chi connectivity index (χ0v) is 11.7. The maximum atomic E-state index is 11.1. The molecule has 1 aliphatic heterocycles. The molecule has 1 aromatic carbocycles. The Bertz CT molecular complexity index is 503. The van der Waals surface area contributed by atoms with Crippen LogP contribution in [0.1, 0.15) is 36.5 Å². The second-order valence-corrected chi connectivity index (χ2v) is 6.09. The second-order valence-electron chi connectivity index (χ2n) is 6.09. The summed E-state index contributed by atoms with van der Waals surface area (Å²) in [4.78, 5) is 13.4. The van der Waals surface area contributed by atoms with Crippen LogP contribution in [0.3, 0.4) is 0 Å². The highest BCUT2D eigenvalue weighted by Gasteiger charge is 2.36. The summed E-state index contributed by atoms with van der Waals surface area (Å²) in [6, 6.07) is 8.29. The van der Waals surface area contributed by atoms with Crippen molar-refractivity contribution in [2.45, 2.75) is 37.8 Å². The summed E-state index contributed by atoms with van der Waals surface area (Å²) in [7, 11) is 0. The zero-order chi connectivity index (χ0) is 14.1. The third-order valence-corrected chi connectivity index (χ3v) is 4.68. The van der Waals surface area contributed by atoms with E-state index in [0.717, 1.165) is 37.9 Å². The lowest BCUT2D eigenvalue weighted by Crippen LogP contribution is -2.45. The fourth-order valence-electron chi connectivity index (χ4n) is 3.73. The summed E-state index contributed by atoms with van der Waals surface area (Å²) >= 11 is 0. The first-order valence-corrected chi connectivity index (χ1v) is 7.43. The Balaban J connectivity index is 1.70. The maximum absolute atomic E-state index is 11.1. The van der Waals surface area contributed by atoms with Crippen LogP contribution in [0.5, 0.6) is 0 Å². The van der Waals surface area contributed by atoms with E-state index in [1.165, 1.54) is 5.56 Å². The van der Waals surface area contributed by atoms with Crippen molar-refractivity contribution in [2.75, 3.05) is 13.1 Å². The van der Waals surface area contributed by atoms with Crippen LogP contribution in [0.15, 0.2) is 24.3 Å². The van der Waals surface area contributed by atoms with Crippen LogP contribution in [0.2, 0.25) is 0 Å². The first kappa shape index (κ1) is 13.6. The molecule has 0 radical (unpaired) electrons. The number of carbonyl (C=O) groups excluding carboxylic acids is 1. The van der Waals surface area contributed by atoms with Gasteiger partial charge in [0.25, 0.3) is 0 Å². The molecule has 4 nitrogen and oxygen atoms in total. The van der Waals surface area contributed by atoms with Crippen LogP contribution in [0, 0.1) is 5.92 Å². The van der Waals surface area contributed by atoms with Gasteiger partial charge in [0.15, 0.2) is 0 Å². The molecule has 1 fully saturated rings. The number of likely N-dealkylation sites (tertiary alicyclic amines) is 1. The molecule has 1 saturated heterocycles. The standard InChI is InChI=1S/C16H22N2O2/c17-15(19)8-11-4-3-7-18(10-11)14-9-12-5-1-2-6-13(12)16(14)20/h1-2,5-6,11,14,16,20H,3-4,7-10H2,(H2,17,19). The van der Waals surface area contributed by atoms with Gasteiger partial charge in [-0.25, -0.2) is 0 Å². The lowest BCUT2D eigenvalue weighted by Gasteiger charge is -2.37. The summed E-state index contributed by atoms with van der Waals surface area (Å²) in [6.07, 6.45) is 3.11. The van der Waals surface area contributed by atoms with E-state index < -0.39 is 6.10 Å². The predicted octanol–water partition coefficient (Wildman–Crippen LogP) is 1.23. The molecule has 3 atom stereocenters. The molecule has 3 unspecified atom stereocenters. The van der Waals surface area contributed by atoms with E-state index in [2.05, 4.69) is 11.0 Å². The summed E-state index contributed by atoms with van der Waals surface area (Å²) in [5, 5.41) is 10.5. The molecule has 0 spiro atoms. The van der Waals surface area contributed by atoms with Gasteiger partial charge in [-0.05, 0) is 42.9 Å². The molecule has 20 heavy (non-hydrogen) atoms. The number of rotatable bonds is 3. The molecule has 0 bridgehead atoms. The molecule has 4 heteroatoms. The van der Waals surface area contributed by atoms with Gasteiger partial charge in [-0.3, -0.25) is 9.69 Å². The quantitative estimate of drug-likeness (QED) is 0.871. The minimum absolute atomic E-state index is 0.156. The number of fused-ring (bicyclic) bond motifs is 1. The lowest BCUT2D eigenvalue weighted by atomic mass is 9.92. The Morgan fingerprint density at radius 3 is 2.95 bits per heavy atom. The largest absolute Gasteiger partial charge is 0.387 e. The van der Waals surface area contributed by atoms with E-state index in [4.69, 9.17) is 5.73 Å². The van der Waals surface area contributed by atoms with Gasteiger partial charge in [-0.15, -0.1) is 0 Å². The minimum Gasteiger partial charge on any atom is -0.387 e. The third kappa shape index (κ3) is 2.58. The molecule has 1 aliphatic carbocycles. The topological polar surface area (TPSA) is 66.6 Å². The number of carbonyl (C=O) groups is 1. The summed E-state index contributed by atoms with van der Waals surface area (Å²) in [5.74, 6) is 0.129. The molecule has 3 rings (SSSR count). The number of nitrogens with two attached hydrogens (primary N) is 1. The Kier molecular flexibility index (Phi) is 3.76. The van der Waals surface area contributed by atoms with E-state index in [1.807, 2.05) is 18.2 Å². The van der Waals surface area contributed by atoms with Gasteiger partial charge in [-0.2, -0.15) is 0 Å². The number of aliphatic hydroxyl groups is 1. The van der Waals surface area contributed by atoms with Gasteiger partial charge < -0.3 is 10.8 Å². The van der Waals surface area contributed by atoms with Crippen molar-refractivity contribution < 1.29 is 9.90 Å². The zero-order valence-electron chi connectivity index (χ0n) is 11.7. The van der Waals surface area contributed by atoms with E-state index >= 15 is 0 Å². The van der Waals surface area contributed by atoms with Crippen molar-refractivity contribution in [1.82, 2.24) is 4.90 Å². The molecule has 3 N–H and O–H groups in total. The van der Waals surface area contributed by atoms with Gasteiger partial charge in [0, 0.05) is 19.0 Å². The van der Waals surface area contributed by atoms with Crippen molar-refractivity contribution in [3.8, 4) is 0 Å². The van der Waals surface area contributed by atoms with Gasteiger partial charge in [0.05, 0.1) is 6.10 Å². The van der Waals surface area contributed by atoms with Crippen LogP contribution in [0.4, 0.5) is 0 Å². The number of amides is 1. The first-order valence-electron chi connectivity index (χ1n) is 7.43. The predicted molar refractivity (Wildman–Crippen MR) is 77.0 cm³/mol. The van der Waals surface area contributed by atoms with Crippen LogP contribution >= 0.6 is 0 Å². The summed E-state index contributed by atoms with van der Waals surface area (Å²) in [5.41, 5.74) is 7.63. The second kappa shape index (κ2) is 5.54. The number of hydrogen-bond acceptors (Lipinski definition) is 3. The SMILES string of the molecule is NC(=O)CC1CCCN(C2Cc3ccccc3C2O)C1. The van der Waals surface area contributed by atoms with Crippen molar-refractivity contribution in [3.63, 3.8) is 0 Å². The van der Waals surface area contributed by atoms with Gasteiger partial charge in [-0.1, -0.05) is 24.3 Å². The number of benzene rings is 1. The number of primary amides is 1. The first-order chi connectivity index (χ1) is 9.65. The Hall–Kier alpha value is -1.39. The molecule has 2 aliphatic rings. The number of nitrogens with zero attached hydrogens (tertiary/aromatic N) is 1. The smallest absolute Gasteiger partial charge is 0.217 e. The van der Waals surface area contributed by atoms with E-state index in [9.17, 15) is 9.90 Å². The molecular weight excluding hydrogens is 252 g/mol. The molecule has 1 amide bonds. The third-order valence-electron chi connectivity index (χ3n) is 4.68. The summed E-state index contributed by atoms with van der Waals surface area (Å²) in [6.45, 7) is 1.88. The Morgan fingerprint density at radius 1 is 1.40 bits per heavy atom. The molecule has 1 heterocycles. The molecular formula is C16H22N2O2. The highest BCUT2D eigenvalue weighted by molar-refractivity contribution is 5.74. The molecule has 0 aromatic heterocycles. The van der Waals surface area contributed by atoms with Gasteiger partial charge >= 0.3 is 0 Å². The Morgan fingerprint density at radius 2 is 2.20 bits per heavy atom. The number of piperidine rings is 1. The molecule has 108 valence electrons. The van der Waals surface area contributed by atoms with Crippen LogP contribution in [0.25, 0.3) is 0 Å². The minimum atomic E-state index is -0.404. The van der Waals surface area contributed by atoms with Gasteiger partial charge in [0.1, 0.15) is 0 Å². The molecule has 0 saturated carbocycles. The van der Waals surface area contributed by atoms with Crippen molar-refractivity contribution in [3.05, 3.63) is 35.4 Å². The monoisotopic (exact) mass is 274 g/mol. The van der Waals surface area contributed by atoms with E-state index in [-0.39, 0.29) is 11.9 Å². The van der Waals surface area contributed by atoms with E-state index in [1.54, 1.807) is 0 Å². The van der Waals surface area contributed by atoms with Crippen molar-refractivity contribution >= 4 is 5.91 Å². The summed E-state index contributed by atoms with van der Waals surface area (Å²) < 4.78 is 0. The number of hydrogen-bond donors (Lipinski definition) is 2. The Labute approximate surface area is 119 Å². The van der Waals surface area contributed by atoms with Crippen LogP contribution in [-0.2, 0) is 11.2 Å². The average molecular weight is 274 g/mol.